The molecule has 0 saturated carbocycles. The second-order valence-electron chi connectivity index (χ2n) is 4.92. The van der Waals surface area contributed by atoms with Gasteiger partial charge in [0.05, 0.1) is 12.5 Å². The third kappa shape index (κ3) is 3.91. The highest BCUT2D eigenvalue weighted by Crippen LogP contribution is 2.29. The molecule has 0 bridgehead atoms. The fraction of sp³-hybridized carbons (Fsp3) is 0.263. The molecule has 1 radical (unpaired) electrons. The van der Waals surface area contributed by atoms with Crippen LogP contribution in [0.3, 0.4) is 0 Å². The van der Waals surface area contributed by atoms with Crippen molar-refractivity contribution >= 4 is 11.8 Å². The summed E-state index contributed by atoms with van der Waals surface area (Å²) in [6.45, 7) is 0. The van der Waals surface area contributed by atoms with Crippen LogP contribution in [0.2, 0.25) is 0 Å². The van der Waals surface area contributed by atoms with E-state index in [9.17, 15) is 5.26 Å². The summed E-state index contributed by atoms with van der Waals surface area (Å²) in [5.74, 6) is 1.05. The van der Waals surface area contributed by atoms with E-state index in [0.29, 0.717) is 6.42 Å². The van der Waals surface area contributed by atoms with Crippen molar-refractivity contribution in [1.82, 2.24) is 0 Å². The highest BCUT2D eigenvalue weighted by Gasteiger charge is 2.20. The number of nitriles is 1. The number of methoxy groups -OCH3 is 1. The van der Waals surface area contributed by atoms with E-state index in [4.69, 9.17) is 4.74 Å². The number of benzene rings is 2. The minimum atomic E-state index is 0.402. The monoisotopic (exact) mass is 310 g/mol. The maximum atomic E-state index is 9.21. The molecule has 0 spiro atoms. The molecule has 0 unspecified atom stereocenters. The van der Waals surface area contributed by atoms with Crippen LogP contribution in [0.4, 0.5) is 0 Å². The van der Waals surface area contributed by atoms with Gasteiger partial charge in [-0.15, -0.1) is 0 Å². The van der Waals surface area contributed by atoms with E-state index in [1.54, 1.807) is 7.11 Å². The van der Waals surface area contributed by atoms with Crippen LogP contribution < -0.4 is 0 Å². The van der Waals surface area contributed by atoms with Crippen LogP contribution in [-0.2, 0) is 17.6 Å². The molecule has 2 nitrogen and oxygen atoms in total. The molecule has 0 aliphatic carbocycles. The Hall–Kier alpha value is -1.76. The minimum absolute atomic E-state index is 0.402. The maximum absolute atomic E-state index is 9.21. The molecular formula is C19H20NOS. The number of nitrogens with zero attached hydrogens (tertiary/aromatic N) is 1. The molecule has 0 amide bonds. The van der Waals surface area contributed by atoms with Crippen LogP contribution in [0.5, 0.6) is 0 Å². The average Bonchev–Trinajstić information content (AvgIpc) is 2.56. The second kappa shape index (κ2) is 8.63. The zero-order valence-electron chi connectivity index (χ0n) is 13.0. The lowest BCUT2D eigenvalue weighted by atomic mass is 9.91. The Balaban J connectivity index is 2.46. The zero-order valence-corrected chi connectivity index (χ0v) is 13.8. The van der Waals surface area contributed by atoms with Gasteiger partial charge in [-0.2, -0.15) is 17.0 Å². The van der Waals surface area contributed by atoms with E-state index in [0.717, 1.165) is 35.0 Å². The van der Waals surface area contributed by atoms with Crippen LogP contribution in [0.1, 0.15) is 22.3 Å². The van der Waals surface area contributed by atoms with Crippen molar-refractivity contribution in [3.8, 4) is 6.07 Å². The Morgan fingerprint density at radius 3 is 2.55 bits per heavy atom. The SMILES string of the molecule is CO[C](c1ccccc1)c1cccc(CCSC)c1CC#N. The van der Waals surface area contributed by atoms with E-state index in [-0.39, 0.29) is 0 Å². The van der Waals surface area contributed by atoms with Crippen LogP contribution in [0, 0.1) is 17.4 Å². The van der Waals surface area contributed by atoms with E-state index >= 15 is 0 Å². The van der Waals surface area contributed by atoms with Crippen LogP contribution >= 0.6 is 11.8 Å². The lowest BCUT2D eigenvalue weighted by Crippen LogP contribution is -2.10. The summed E-state index contributed by atoms with van der Waals surface area (Å²) in [4.78, 5) is 0. The molecule has 2 aromatic carbocycles. The molecule has 2 aromatic rings. The molecule has 0 aromatic heterocycles. The summed E-state index contributed by atoms with van der Waals surface area (Å²) >= 11 is 1.82. The third-order valence-corrected chi connectivity index (χ3v) is 4.20. The molecule has 0 N–H and O–H groups in total. The molecule has 22 heavy (non-hydrogen) atoms. The normalized spacial score (nSPS) is 10.6. The van der Waals surface area contributed by atoms with Crippen LogP contribution in [0.25, 0.3) is 0 Å². The third-order valence-electron chi connectivity index (χ3n) is 3.59. The largest absolute Gasteiger partial charge is 0.365 e. The quantitative estimate of drug-likeness (QED) is 0.767. The summed E-state index contributed by atoms with van der Waals surface area (Å²) < 4.78 is 5.67. The maximum Gasteiger partial charge on any atom is 0.155 e. The second-order valence-corrected chi connectivity index (χ2v) is 5.91. The molecule has 3 heteroatoms. The standard InChI is InChI=1S/C19H20NOS/c1-21-19(16-7-4-3-5-8-16)18-10-6-9-15(12-14-22-2)17(18)11-13-20/h3-10H,11-12,14H2,1-2H3. The van der Waals surface area contributed by atoms with E-state index in [2.05, 4.69) is 18.4 Å². The predicted octanol–water partition coefficient (Wildman–Crippen LogP) is 4.23. The summed E-state index contributed by atoms with van der Waals surface area (Å²) in [6.07, 6.45) is 4.30. The number of thioether (sulfide) groups is 1. The fourth-order valence-electron chi connectivity index (χ4n) is 2.55. The first-order valence-electron chi connectivity index (χ1n) is 7.25. The summed E-state index contributed by atoms with van der Waals surface area (Å²) in [7, 11) is 1.69. The predicted molar refractivity (Wildman–Crippen MR) is 92.7 cm³/mol. The lowest BCUT2D eigenvalue weighted by Gasteiger charge is -2.20. The van der Waals surface area contributed by atoms with Gasteiger partial charge in [0.15, 0.2) is 6.10 Å². The Bertz CT molecular complexity index is 634. The number of rotatable bonds is 7. The zero-order chi connectivity index (χ0) is 15.8. The van der Waals surface area contributed by atoms with Crippen molar-refractivity contribution < 1.29 is 4.74 Å². The minimum Gasteiger partial charge on any atom is -0.365 e. The number of ether oxygens (including phenoxy) is 1. The molecule has 0 aliphatic rings. The van der Waals surface area contributed by atoms with Crippen molar-refractivity contribution in [1.29, 1.82) is 5.26 Å². The van der Waals surface area contributed by atoms with E-state index < -0.39 is 0 Å². The van der Waals surface area contributed by atoms with Crippen LogP contribution in [-0.4, -0.2) is 19.1 Å². The lowest BCUT2D eigenvalue weighted by molar-refractivity contribution is 0.247. The first kappa shape index (κ1) is 16.6. The van der Waals surface area contributed by atoms with Gasteiger partial charge in [0, 0.05) is 7.11 Å². The van der Waals surface area contributed by atoms with Crippen molar-refractivity contribution in [2.24, 2.45) is 0 Å². The molecule has 2 rings (SSSR count). The van der Waals surface area contributed by atoms with Gasteiger partial charge in [-0.05, 0) is 40.7 Å². The van der Waals surface area contributed by atoms with Gasteiger partial charge in [-0.25, -0.2) is 0 Å². The summed E-state index contributed by atoms with van der Waals surface area (Å²) in [5.41, 5.74) is 4.37. The van der Waals surface area contributed by atoms with Gasteiger partial charge in [0.25, 0.3) is 0 Å². The smallest absolute Gasteiger partial charge is 0.155 e. The fourth-order valence-corrected chi connectivity index (χ4v) is 2.98. The number of hydrogen-bond donors (Lipinski definition) is 0. The summed E-state index contributed by atoms with van der Waals surface area (Å²) in [5, 5.41) is 9.21. The van der Waals surface area contributed by atoms with E-state index in [1.807, 2.05) is 54.2 Å². The van der Waals surface area contributed by atoms with Gasteiger partial charge in [-0.1, -0.05) is 48.5 Å². The van der Waals surface area contributed by atoms with Gasteiger partial charge >= 0.3 is 0 Å². The van der Waals surface area contributed by atoms with Crippen molar-refractivity contribution in [2.45, 2.75) is 12.8 Å². The van der Waals surface area contributed by atoms with Gasteiger partial charge in [0.2, 0.25) is 0 Å². The molecule has 0 heterocycles. The molecule has 113 valence electrons. The Kier molecular flexibility index (Phi) is 6.51. The van der Waals surface area contributed by atoms with Gasteiger partial charge in [0.1, 0.15) is 0 Å². The van der Waals surface area contributed by atoms with Crippen molar-refractivity contribution in [2.75, 3.05) is 19.1 Å². The Morgan fingerprint density at radius 1 is 1.14 bits per heavy atom. The first-order chi connectivity index (χ1) is 10.8. The summed E-state index contributed by atoms with van der Waals surface area (Å²) in [6, 6.07) is 18.5. The van der Waals surface area contributed by atoms with Gasteiger partial charge in [-0.3, -0.25) is 0 Å². The van der Waals surface area contributed by atoms with Gasteiger partial charge < -0.3 is 4.74 Å². The number of hydrogen-bond acceptors (Lipinski definition) is 3. The number of aryl methyl sites for hydroxylation is 1. The molecule has 0 atom stereocenters. The van der Waals surface area contributed by atoms with Crippen LogP contribution in [0.15, 0.2) is 48.5 Å². The molecule has 0 saturated heterocycles. The Morgan fingerprint density at radius 2 is 1.91 bits per heavy atom. The van der Waals surface area contributed by atoms with Crippen molar-refractivity contribution in [3.05, 3.63) is 76.9 Å². The average molecular weight is 310 g/mol. The first-order valence-corrected chi connectivity index (χ1v) is 8.64. The molecular weight excluding hydrogens is 290 g/mol. The highest BCUT2D eigenvalue weighted by atomic mass is 32.2. The van der Waals surface area contributed by atoms with E-state index in [1.165, 1.54) is 5.56 Å². The highest BCUT2D eigenvalue weighted by molar-refractivity contribution is 7.98. The Labute approximate surface area is 137 Å². The molecule has 0 aliphatic heterocycles. The topological polar surface area (TPSA) is 33.0 Å². The molecule has 0 fully saturated rings. The van der Waals surface area contributed by atoms with Crippen molar-refractivity contribution in [3.63, 3.8) is 0 Å².